The predicted molar refractivity (Wildman–Crippen MR) is 64.4 cm³/mol. The van der Waals surface area contributed by atoms with E-state index in [1.165, 1.54) is 12.3 Å². The molecule has 1 fully saturated rings. The molecular weight excluding hydrogens is 234 g/mol. The van der Waals surface area contributed by atoms with Gasteiger partial charge in [0.1, 0.15) is 6.10 Å². The molecule has 0 amide bonds. The summed E-state index contributed by atoms with van der Waals surface area (Å²) in [5, 5.41) is 8.90. The van der Waals surface area contributed by atoms with Crippen LogP contribution in [0.1, 0.15) is 35.8 Å². The molecular formula is C12H17N3O3. The molecule has 1 aliphatic heterocycles. The van der Waals surface area contributed by atoms with Crippen molar-refractivity contribution in [3.8, 4) is 0 Å². The minimum atomic E-state index is -1.04. The lowest BCUT2D eigenvalue weighted by Gasteiger charge is -2.31. The van der Waals surface area contributed by atoms with E-state index in [4.69, 9.17) is 9.84 Å². The van der Waals surface area contributed by atoms with Crippen LogP contribution in [0.15, 0.2) is 12.3 Å². The van der Waals surface area contributed by atoms with Gasteiger partial charge in [0.15, 0.2) is 11.5 Å². The lowest BCUT2D eigenvalue weighted by Crippen LogP contribution is -2.39. The highest BCUT2D eigenvalue weighted by atomic mass is 16.5. The molecule has 6 nitrogen and oxygen atoms in total. The van der Waals surface area contributed by atoms with Crippen molar-refractivity contribution < 1.29 is 14.6 Å². The number of carboxylic acid groups (broad SMARTS) is 1. The van der Waals surface area contributed by atoms with Gasteiger partial charge in [-0.25, -0.2) is 14.8 Å². The van der Waals surface area contributed by atoms with E-state index in [0.717, 1.165) is 26.1 Å². The van der Waals surface area contributed by atoms with Crippen molar-refractivity contribution in [1.82, 2.24) is 14.9 Å². The van der Waals surface area contributed by atoms with E-state index in [9.17, 15) is 4.79 Å². The molecule has 0 bridgehead atoms. The lowest BCUT2D eigenvalue weighted by molar-refractivity contribution is -0.0343. The summed E-state index contributed by atoms with van der Waals surface area (Å²) in [7, 11) is 0. The molecule has 98 valence electrons. The summed E-state index contributed by atoms with van der Waals surface area (Å²) in [6.07, 6.45) is 2.32. The number of aromatic carboxylic acids is 1. The fourth-order valence-electron chi connectivity index (χ4n) is 2.03. The monoisotopic (exact) mass is 251 g/mol. The molecule has 2 heterocycles. The third kappa shape index (κ3) is 3.02. The normalized spacial score (nSPS) is 20.8. The maximum atomic E-state index is 10.9. The zero-order valence-corrected chi connectivity index (χ0v) is 10.4. The number of hydrogen-bond acceptors (Lipinski definition) is 5. The number of rotatable bonds is 4. The van der Waals surface area contributed by atoms with Crippen LogP contribution >= 0.6 is 0 Å². The minimum absolute atomic E-state index is 0.0104. The third-order valence-electron chi connectivity index (χ3n) is 2.87. The summed E-state index contributed by atoms with van der Waals surface area (Å²) in [6.45, 7) is 5.40. The summed E-state index contributed by atoms with van der Waals surface area (Å²) in [5.74, 6) is -0.587. The van der Waals surface area contributed by atoms with Gasteiger partial charge in [-0.05, 0) is 19.0 Å². The molecule has 0 saturated carbocycles. The number of carboxylic acids is 1. The number of ether oxygens (including phenoxy) is 1. The highest BCUT2D eigenvalue weighted by molar-refractivity contribution is 5.85. The first-order valence-corrected chi connectivity index (χ1v) is 6.11. The van der Waals surface area contributed by atoms with E-state index in [-0.39, 0.29) is 11.8 Å². The van der Waals surface area contributed by atoms with Crippen LogP contribution in [0, 0.1) is 0 Å². The van der Waals surface area contributed by atoms with Crippen LogP contribution in [0.2, 0.25) is 0 Å². The van der Waals surface area contributed by atoms with Crippen LogP contribution in [0.3, 0.4) is 0 Å². The highest BCUT2D eigenvalue weighted by Gasteiger charge is 2.24. The summed E-state index contributed by atoms with van der Waals surface area (Å²) >= 11 is 0. The molecule has 2 rings (SSSR count). The van der Waals surface area contributed by atoms with Crippen molar-refractivity contribution in [3.63, 3.8) is 0 Å². The van der Waals surface area contributed by atoms with Crippen LogP contribution in [0.25, 0.3) is 0 Å². The maximum absolute atomic E-state index is 10.9. The Balaban J connectivity index is 2.10. The Morgan fingerprint density at radius 2 is 2.50 bits per heavy atom. The number of nitrogens with zero attached hydrogens (tertiary/aromatic N) is 3. The van der Waals surface area contributed by atoms with Gasteiger partial charge >= 0.3 is 5.97 Å². The fraction of sp³-hybridized carbons (Fsp3) is 0.583. The van der Waals surface area contributed by atoms with Gasteiger partial charge in [-0.15, -0.1) is 0 Å². The smallest absolute Gasteiger partial charge is 0.354 e. The second-order valence-electron chi connectivity index (χ2n) is 4.27. The van der Waals surface area contributed by atoms with Gasteiger partial charge in [0, 0.05) is 19.3 Å². The molecule has 0 aliphatic carbocycles. The van der Waals surface area contributed by atoms with Crippen molar-refractivity contribution in [2.45, 2.75) is 19.4 Å². The van der Waals surface area contributed by atoms with Gasteiger partial charge in [0.2, 0.25) is 0 Å². The van der Waals surface area contributed by atoms with Gasteiger partial charge in [-0.2, -0.15) is 0 Å². The van der Waals surface area contributed by atoms with Crippen molar-refractivity contribution in [2.75, 3.05) is 26.2 Å². The molecule has 1 N–H and O–H groups in total. The first kappa shape index (κ1) is 12.9. The van der Waals surface area contributed by atoms with E-state index >= 15 is 0 Å². The minimum Gasteiger partial charge on any atom is -0.477 e. The van der Waals surface area contributed by atoms with E-state index in [1.807, 2.05) is 0 Å². The molecule has 1 aliphatic rings. The van der Waals surface area contributed by atoms with Crippen LogP contribution < -0.4 is 0 Å². The molecule has 0 radical (unpaired) electrons. The highest BCUT2D eigenvalue weighted by Crippen LogP contribution is 2.19. The Morgan fingerprint density at radius 1 is 1.67 bits per heavy atom. The topological polar surface area (TPSA) is 75.5 Å². The third-order valence-corrected chi connectivity index (χ3v) is 2.87. The van der Waals surface area contributed by atoms with Crippen LogP contribution in [-0.2, 0) is 4.74 Å². The average Bonchev–Trinajstić information content (AvgIpc) is 2.39. The van der Waals surface area contributed by atoms with E-state index < -0.39 is 5.97 Å². The molecule has 0 spiro atoms. The first-order chi connectivity index (χ1) is 8.70. The zero-order valence-electron chi connectivity index (χ0n) is 10.4. The predicted octanol–water partition coefficient (Wildman–Crippen LogP) is 0.958. The van der Waals surface area contributed by atoms with Crippen molar-refractivity contribution >= 4 is 5.97 Å². The Labute approximate surface area is 106 Å². The average molecular weight is 251 g/mol. The van der Waals surface area contributed by atoms with Crippen LogP contribution in [0.5, 0.6) is 0 Å². The second kappa shape index (κ2) is 5.88. The number of morpholine rings is 1. The van der Waals surface area contributed by atoms with Gasteiger partial charge < -0.3 is 9.84 Å². The Morgan fingerprint density at radius 3 is 3.22 bits per heavy atom. The van der Waals surface area contributed by atoms with E-state index in [2.05, 4.69) is 21.8 Å². The molecule has 1 unspecified atom stereocenters. The Hall–Kier alpha value is -1.53. The molecule has 0 aromatic carbocycles. The van der Waals surface area contributed by atoms with Crippen molar-refractivity contribution in [2.24, 2.45) is 0 Å². The largest absolute Gasteiger partial charge is 0.477 e. The molecule has 1 saturated heterocycles. The molecule has 6 heteroatoms. The van der Waals surface area contributed by atoms with Gasteiger partial charge in [-0.3, -0.25) is 4.90 Å². The summed E-state index contributed by atoms with van der Waals surface area (Å²) in [5.41, 5.74) is 0.0104. The van der Waals surface area contributed by atoms with Crippen LogP contribution in [0.4, 0.5) is 0 Å². The molecule has 18 heavy (non-hydrogen) atoms. The van der Waals surface area contributed by atoms with Crippen molar-refractivity contribution in [1.29, 1.82) is 0 Å². The fourth-order valence-corrected chi connectivity index (χ4v) is 2.03. The second-order valence-corrected chi connectivity index (χ2v) is 4.27. The number of aromatic nitrogens is 2. The van der Waals surface area contributed by atoms with Gasteiger partial charge in [0.25, 0.3) is 0 Å². The summed E-state index contributed by atoms with van der Waals surface area (Å²) < 4.78 is 5.62. The van der Waals surface area contributed by atoms with E-state index in [1.54, 1.807) is 0 Å². The maximum Gasteiger partial charge on any atom is 0.354 e. The quantitative estimate of drug-likeness (QED) is 0.859. The summed E-state index contributed by atoms with van der Waals surface area (Å²) in [4.78, 5) is 21.3. The lowest BCUT2D eigenvalue weighted by atomic mass is 10.2. The first-order valence-electron chi connectivity index (χ1n) is 6.11. The van der Waals surface area contributed by atoms with Crippen LogP contribution in [-0.4, -0.2) is 52.2 Å². The van der Waals surface area contributed by atoms with Gasteiger partial charge in [0.05, 0.1) is 6.61 Å². The molecule has 1 atom stereocenters. The molecule has 1 aromatic rings. The Kier molecular flexibility index (Phi) is 4.22. The molecule has 1 aromatic heterocycles. The van der Waals surface area contributed by atoms with Gasteiger partial charge in [-0.1, -0.05) is 6.92 Å². The zero-order chi connectivity index (χ0) is 13.0. The number of carbonyl (C=O) groups is 1. The SMILES string of the molecule is CCCN1CCOC(c2nccc(C(=O)O)n2)C1. The van der Waals surface area contributed by atoms with E-state index in [0.29, 0.717) is 12.4 Å². The number of hydrogen-bond donors (Lipinski definition) is 1. The Bertz CT molecular complexity index is 423. The summed E-state index contributed by atoms with van der Waals surface area (Å²) in [6, 6.07) is 1.39. The van der Waals surface area contributed by atoms with Crippen molar-refractivity contribution in [3.05, 3.63) is 23.8 Å². The standard InChI is InChI=1S/C12H17N3O3/c1-2-5-15-6-7-18-10(8-15)11-13-4-3-9(14-11)12(16)17/h3-4,10H,2,5-8H2,1H3,(H,16,17).